The Bertz CT molecular complexity index is 1330. The summed E-state index contributed by atoms with van der Waals surface area (Å²) < 4.78 is 2.66. The molecular weight excluding hydrogens is 409 g/mol. The van der Waals surface area contributed by atoms with Crippen molar-refractivity contribution in [3.05, 3.63) is 123 Å². The number of hydrogen-bond acceptors (Lipinski definition) is 0. The van der Waals surface area contributed by atoms with Crippen molar-refractivity contribution >= 4 is 28.9 Å². The normalized spacial score (nSPS) is 14.1. The molecule has 0 saturated heterocycles. The van der Waals surface area contributed by atoms with Crippen LogP contribution in [0.4, 0.5) is 0 Å². The van der Waals surface area contributed by atoms with E-state index >= 15 is 0 Å². The van der Waals surface area contributed by atoms with Gasteiger partial charge in [-0.2, -0.15) is 0 Å². The van der Waals surface area contributed by atoms with Crippen molar-refractivity contribution in [1.82, 2.24) is 0 Å². The molecule has 0 aromatic heterocycles. The molecule has 1 nitrogen and oxygen atoms in total. The monoisotopic (exact) mass is 443 g/mol. The van der Waals surface area contributed by atoms with Crippen LogP contribution in [0.25, 0.3) is 0 Å². The van der Waals surface area contributed by atoms with Gasteiger partial charge in [-0.3, -0.25) is 0 Å². The second kappa shape index (κ2) is 8.44. The van der Waals surface area contributed by atoms with Crippen molar-refractivity contribution in [3.63, 3.8) is 0 Å². The highest BCUT2D eigenvalue weighted by Gasteiger charge is 2.50. The lowest BCUT2D eigenvalue weighted by atomic mass is 9.22. The highest BCUT2D eigenvalue weighted by atomic mass is 15.0. The number of hydrogen-bond donors (Lipinski definition) is 0. The lowest BCUT2D eigenvalue weighted by Gasteiger charge is -2.41. The molecule has 2 heteroatoms. The van der Waals surface area contributed by atoms with Gasteiger partial charge in [0.2, 0.25) is 0 Å². The fraction of sp³-hybridized carbons (Fsp3) is 0.219. The molecule has 0 N–H and O–H groups in total. The first-order chi connectivity index (χ1) is 16.3. The van der Waals surface area contributed by atoms with Gasteiger partial charge in [-0.1, -0.05) is 112 Å². The zero-order chi connectivity index (χ0) is 24.0. The van der Waals surface area contributed by atoms with E-state index in [1.807, 2.05) is 0 Å². The van der Waals surface area contributed by atoms with Crippen LogP contribution in [0.5, 0.6) is 0 Å². The molecule has 0 fully saturated rings. The maximum Gasteiger partial charge on any atom is 0.357 e. The third kappa shape index (κ3) is 3.44. The molecule has 0 spiro atoms. The van der Waals surface area contributed by atoms with Crippen molar-refractivity contribution in [2.45, 2.75) is 48.1 Å². The molecule has 4 aromatic rings. The lowest BCUT2D eigenvalue weighted by Crippen LogP contribution is -2.74. The Kier molecular flexibility index (Phi) is 5.56. The Morgan fingerprint density at radius 2 is 1.06 bits per heavy atom. The largest absolute Gasteiger partial charge is 0.441 e. The predicted molar refractivity (Wildman–Crippen MR) is 148 cm³/mol. The van der Waals surface area contributed by atoms with Crippen molar-refractivity contribution < 1.29 is 4.49 Å². The number of fused-ring (bicyclic) bond motifs is 1. The summed E-state index contributed by atoms with van der Waals surface area (Å²) >= 11 is 0. The Morgan fingerprint density at radius 3 is 1.59 bits per heavy atom. The zero-order valence-electron chi connectivity index (χ0n) is 21.3. The maximum absolute atomic E-state index is 2.66. The standard InChI is InChI=1S/C32H34BN/c1-22-16-24(3)31(25(4)17-22)33(32-26(5)18-23(2)19-27(32)6)30-15-11-10-14-29(30)21-34(33)20-28-12-8-7-9-13-28/h7-19,21H,20H2,1-6H3. The minimum atomic E-state index is -1.37. The molecule has 34 heavy (non-hydrogen) atoms. The zero-order valence-corrected chi connectivity index (χ0v) is 21.3. The van der Waals surface area contributed by atoms with E-state index in [4.69, 9.17) is 0 Å². The lowest BCUT2D eigenvalue weighted by molar-refractivity contribution is -0.402. The topological polar surface area (TPSA) is 3.01 Å². The van der Waals surface area contributed by atoms with Gasteiger partial charge < -0.3 is 4.49 Å². The highest BCUT2D eigenvalue weighted by Crippen LogP contribution is 2.25. The maximum atomic E-state index is 2.66. The number of benzene rings is 4. The smallest absolute Gasteiger partial charge is 0.357 e. The Labute approximate surface area is 204 Å². The van der Waals surface area contributed by atoms with Crippen LogP contribution in [0.15, 0.2) is 78.9 Å². The van der Waals surface area contributed by atoms with E-state index in [0.29, 0.717) is 0 Å². The minimum absolute atomic E-state index is 0.870. The number of nitrogens with zero attached hydrogens (tertiary/aromatic N) is 1. The molecule has 0 aliphatic carbocycles. The molecule has 170 valence electrons. The first kappa shape index (κ1) is 22.4. The summed E-state index contributed by atoms with van der Waals surface area (Å²) in [6.07, 6.45) is 1.05. The molecule has 0 atom stereocenters. The van der Waals surface area contributed by atoms with E-state index in [2.05, 4.69) is 131 Å². The molecule has 1 aliphatic heterocycles. The summed E-state index contributed by atoms with van der Waals surface area (Å²) in [5.74, 6) is 0. The quantitative estimate of drug-likeness (QED) is 0.384. The van der Waals surface area contributed by atoms with Crippen LogP contribution < -0.4 is 16.4 Å². The van der Waals surface area contributed by atoms with Crippen LogP contribution in [0.1, 0.15) is 44.5 Å². The minimum Gasteiger partial charge on any atom is -0.441 e. The Hall–Kier alpha value is -3.39. The van der Waals surface area contributed by atoms with Crippen LogP contribution in [-0.4, -0.2) is 17.0 Å². The molecule has 0 amide bonds. The van der Waals surface area contributed by atoms with E-state index in [-0.39, 0.29) is 0 Å². The molecule has 0 bridgehead atoms. The number of aryl methyl sites for hydroxylation is 6. The summed E-state index contributed by atoms with van der Waals surface area (Å²) in [6, 6.07) is 29.4. The molecular formula is C32H34BN. The van der Waals surface area contributed by atoms with Crippen molar-refractivity contribution in [1.29, 1.82) is 0 Å². The van der Waals surface area contributed by atoms with Gasteiger partial charge in [0.15, 0.2) is 0 Å². The first-order valence-electron chi connectivity index (χ1n) is 12.4. The molecule has 0 radical (unpaired) electrons. The van der Waals surface area contributed by atoms with Crippen LogP contribution >= 0.6 is 0 Å². The SMILES string of the molecule is Cc1cc(C)c([B-]2(c3c(C)cc(C)cc3C)c3ccccc3C=[N+]2Cc2ccccc2)c(C)c1. The van der Waals surface area contributed by atoms with Crippen LogP contribution in [0.2, 0.25) is 0 Å². The summed E-state index contributed by atoms with van der Waals surface area (Å²) in [7, 11) is 0. The van der Waals surface area contributed by atoms with E-state index < -0.39 is 6.28 Å². The Morgan fingerprint density at radius 1 is 0.588 bits per heavy atom. The van der Waals surface area contributed by atoms with E-state index in [0.717, 1.165) is 6.54 Å². The fourth-order valence-electron chi connectivity index (χ4n) is 6.94. The van der Waals surface area contributed by atoms with Gasteiger partial charge in [0, 0.05) is 11.1 Å². The van der Waals surface area contributed by atoms with E-state index in [1.54, 1.807) is 0 Å². The van der Waals surface area contributed by atoms with Gasteiger partial charge in [0.25, 0.3) is 0 Å². The predicted octanol–water partition coefficient (Wildman–Crippen LogP) is 5.15. The average molecular weight is 443 g/mol. The molecule has 0 unspecified atom stereocenters. The molecule has 4 aromatic carbocycles. The highest BCUT2D eigenvalue weighted by molar-refractivity contribution is 7.08. The van der Waals surface area contributed by atoms with Crippen LogP contribution in [0.3, 0.4) is 0 Å². The summed E-state index contributed by atoms with van der Waals surface area (Å²) in [5, 5.41) is 0. The van der Waals surface area contributed by atoms with Gasteiger partial charge in [-0.25, -0.2) is 0 Å². The van der Waals surface area contributed by atoms with Gasteiger partial charge in [0.1, 0.15) is 12.8 Å². The second-order valence-corrected chi connectivity index (χ2v) is 10.4. The van der Waals surface area contributed by atoms with Gasteiger partial charge >= 0.3 is 6.28 Å². The van der Waals surface area contributed by atoms with Gasteiger partial charge in [0.05, 0.1) is 0 Å². The third-order valence-electron chi connectivity index (χ3n) is 7.77. The van der Waals surface area contributed by atoms with Gasteiger partial charge in [-0.15, -0.1) is 16.4 Å². The first-order valence-corrected chi connectivity index (χ1v) is 12.4. The van der Waals surface area contributed by atoms with Crippen molar-refractivity contribution in [2.24, 2.45) is 0 Å². The van der Waals surface area contributed by atoms with Crippen molar-refractivity contribution in [2.75, 3.05) is 0 Å². The fourth-order valence-corrected chi connectivity index (χ4v) is 6.94. The number of rotatable bonds is 4. The Balaban J connectivity index is 1.94. The van der Waals surface area contributed by atoms with E-state index in [9.17, 15) is 0 Å². The molecule has 5 rings (SSSR count). The molecule has 1 heterocycles. The summed E-state index contributed by atoms with van der Waals surface area (Å²) in [5.41, 5.74) is 15.2. The summed E-state index contributed by atoms with van der Waals surface area (Å²) in [4.78, 5) is 0. The van der Waals surface area contributed by atoms with Crippen LogP contribution in [-0.2, 0) is 6.54 Å². The van der Waals surface area contributed by atoms with Gasteiger partial charge in [-0.05, 0) is 41.5 Å². The molecule has 1 aliphatic rings. The van der Waals surface area contributed by atoms with E-state index in [1.165, 1.54) is 60.9 Å². The molecule has 0 saturated carbocycles. The second-order valence-electron chi connectivity index (χ2n) is 10.4. The third-order valence-corrected chi connectivity index (χ3v) is 7.77. The average Bonchev–Trinajstić information content (AvgIpc) is 3.07. The van der Waals surface area contributed by atoms with Crippen LogP contribution in [0, 0.1) is 41.5 Å². The summed E-state index contributed by atoms with van der Waals surface area (Å²) in [6.45, 7) is 14.5. The van der Waals surface area contributed by atoms with Crippen molar-refractivity contribution in [3.8, 4) is 0 Å².